The van der Waals surface area contributed by atoms with Gasteiger partial charge in [-0.05, 0) is 23.3 Å². The predicted molar refractivity (Wildman–Crippen MR) is 88.6 cm³/mol. The lowest BCUT2D eigenvalue weighted by Crippen LogP contribution is -2.26. The van der Waals surface area contributed by atoms with Crippen LogP contribution in [0, 0.1) is 0 Å². The number of hydrazone groups is 1. The van der Waals surface area contributed by atoms with Crippen molar-refractivity contribution in [2.45, 2.75) is 13.3 Å². The molecule has 0 heterocycles. The second kappa shape index (κ2) is 7.12. The van der Waals surface area contributed by atoms with Crippen molar-refractivity contribution in [1.29, 1.82) is 0 Å². The average molecular weight is 296 g/mol. The van der Waals surface area contributed by atoms with Crippen LogP contribution >= 0.6 is 0 Å². The lowest BCUT2D eigenvalue weighted by Gasteiger charge is -2.05. The summed E-state index contributed by atoms with van der Waals surface area (Å²) in [5.41, 5.74) is 3.13. The Balaban J connectivity index is 2.24. The Hall–Kier alpha value is -3.02. The van der Waals surface area contributed by atoms with Crippen LogP contribution in [-0.4, -0.2) is 29.7 Å². The molecule has 6 nitrogen and oxygen atoms in total. The highest BCUT2D eigenvalue weighted by molar-refractivity contribution is 6.38. The van der Waals surface area contributed by atoms with Gasteiger partial charge in [0.15, 0.2) is 0 Å². The van der Waals surface area contributed by atoms with E-state index in [0.29, 0.717) is 12.0 Å². The first kappa shape index (κ1) is 15.4. The van der Waals surface area contributed by atoms with Gasteiger partial charge in [-0.3, -0.25) is 4.79 Å². The van der Waals surface area contributed by atoms with Gasteiger partial charge in [-0.2, -0.15) is 15.3 Å². The molecule has 2 N–H and O–H groups in total. The number of nitrogens with one attached hydrogen (secondary N) is 1. The highest BCUT2D eigenvalue weighted by Gasteiger charge is 2.08. The fourth-order valence-corrected chi connectivity index (χ4v) is 2.00. The minimum absolute atomic E-state index is 0.0915. The van der Waals surface area contributed by atoms with E-state index in [4.69, 9.17) is 0 Å². The molecule has 0 saturated heterocycles. The van der Waals surface area contributed by atoms with Crippen LogP contribution in [0.3, 0.4) is 0 Å². The van der Waals surface area contributed by atoms with Crippen molar-refractivity contribution in [2.75, 3.05) is 0 Å². The summed E-state index contributed by atoms with van der Waals surface area (Å²) in [6.45, 7) is 5.00. The molecule has 2 aromatic rings. The molecule has 0 spiro atoms. The molecule has 0 unspecified atom stereocenters. The first-order valence-electron chi connectivity index (χ1n) is 6.74. The molecular formula is C16H16N4O2. The molecule has 0 saturated carbocycles. The molecule has 0 aromatic heterocycles. The average Bonchev–Trinajstić information content (AvgIpc) is 2.54. The smallest absolute Gasteiger partial charge is 0.287 e. The molecule has 0 radical (unpaired) electrons. The predicted octanol–water partition coefficient (Wildman–Crippen LogP) is 2.46. The van der Waals surface area contributed by atoms with Crippen LogP contribution < -0.4 is 5.43 Å². The van der Waals surface area contributed by atoms with E-state index in [9.17, 15) is 9.90 Å². The van der Waals surface area contributed by atoms with E-state index in [2.05, 4.69) is 27.4 Å². The number of fused-ring (bicyclic) bond motifs is 1. The van der Waals surface area contributed by atoms with Gasteiger partial charge in [0.1, 0.15) is 11.5 Å². The first-order chi connectivity index (χ1) is 10.7. The molecular weight excluding hydrogens is 280 g/mol. The van der Waals surface area contributed by atoms with Crippen molar-refractivity contribution in [3.05, 3.63) is 42.0 Å². The summed E-state index contributed by atoms with van der Waals surface area (Å²) >= 11 is 0. The molecule has 0 fully saturated rings. The molecule has 22 heavy (non-hydrogen) atoms. The van der Waals surface area contributed by atoms with Crippen molar-refractivity contribution in [2.24, 2.45) is 15.3 Å². The topological polar surface area (TPSA) is 86.4 Å². The molecule has 112 valence electrons. The van der Waals surface area contributed by atoms with Crippen LogP contribution in [0.25, 0.3) is 10.8 Å². The second-order valence-electron chi connectivity index (χ2n) is 4.46. The summed E-state index contributed by atoms with van der Waals surface area (Å²) in [6.07, 6.45) is 1.82. The number of rotatable bonds is 5. The van der Waals surface area contributed by atoms with Crippen molar-refractivity contribution >= 4 is 35.3 Å². The quantitative estimate of drug-likeness (QED) is 0.656. The summed E-state index contributed by atoms with van der Waals surface area (Å²) in [4.78, 5) is 11.8. The fraction of sp³-hybridized carbons (Fsp3) is 0.125. The Bertz CT molecular complexity index is 766. The molecule has 0 atom stereocenters. The van der Waals surface area contributed by atoms with Gasteiger partial charge in [-0.25, -0.2) is 5.43 Å². The highest BCUT2D eigenvalue weighted by Crippen LogP contribution is 2.25. The number of amides is 1. The van der Waals surface area contributed by atoms with E-state index in [1.54, 1.807) is 13.0 Å². The SMILES string of the molecule is C=N/N=C(/CC)C(=O)N/N=C\c1c(O)ccc2ccccc12. The third-order valence-corrected chi connectivity index (χ3v) is 3.10. The summed E-state index contributed by atoms with van der Waals surface area (Å²) < 4.78 is 0. The monoisotopic (exact) mass is 296 g/mol. The summed E-state index contributed by atoms with van der Waals surface area (Å²) in [7, 11) is 0. The zero-order chi connectivity index (χ0) is 15.9. The zero-order valence-electron chi connectivity index (χ0n) is 12.2. The lowest BCUT2D eigenvalue weighted by atomic mass is 10.0. The van der Waals surface area contributed by atoms with Gasteiger partial charge < -0.3 is 5.11 Å². The minimum atomic E-state index is -0.453. The van der Waals surface area contributed by atoms with Gasteiger partial charge in [0, 0.05) is 12.3 Å². The highest BCUT2D eigenvalue weighted by atomic mass is 16.3. The molecule has 6 heteroatoms. The molecule has 2 aromatic carbocycles. The maximum atomic E-state index is 11.8. The molecule has 0 aliphatic rings. The van der Waals surface area contributed by atoms with Gasteiger partial charge in [-0.1, -0.05) is 37.3 Å². The molecule has 2 rings (SSSR count). The number of aromatic hydroxyl groups is 1. The van der Waals surface area contributed by atoms with Gasteiger partial charge in [0.2, 0.25) is 0 Å². The number of carbonyl (C=O) groups excluding carboxylic acids is 1. The van der Waals surface area contributed by atoms with Crippen LogP contribution in [0.2, 0.25) is 0 Å². The van der Waals surface area contributed by atoms with Gasteiger partial charge in [-0.15, -0.1) is 0 Å². The van der Waals surface area contributed by atoms with Crippen molar-refractivity contribution < 1.29 is 9.90 Å². The Morgan fingerprint density at radius 3 is 2.82 bits per heavy atom. The van der Waals surface area contributed by atoms with Crippen LogP contribution in [0.5, 0.6) is 5.75 Å². The van der Waals surface area contributed by atoms with Crippen molar-refractivity contribution in [3.63, 3.8) is 0 Å². The van der Waals surface area contributed by atoms with E-state index in [1.807, 2.05) is 30.3 Å². The summed E-state index contributed by atoms with van der Waals surface area (Å²) in [5, 5.41) is 22.6. The van der Waals surface area contributed by atoms with Crippen LogP contribution in [-0.2, 0) is 4.79 Å². The third kappa shape index (κ3) is 3.35. The molecule has 0 bridgehead atoms. The Morgan fingerprint density at radius 1 is 1.32 bits per heavy atom. The number of nitrogens with zero attached hydrogens (tertiary/aromatic N) is 3. The number of hydrogen-bond donors (Lipinski definition) is 2. The first-order valence-corrected chi connectivity index (χ1v) is 6.74. The third-order valence-electron chi connectivity index (χ3n) is 3.10. The largest absolute Gasteiger partial charge is 0.507 e. The number of benzene rings is 2. The molecule has 1 amide bonds. The Morgan fingerprint density at radius 2 is 2.09 bits per heavy atom. The maximum Gasteiger partial charge on any atom is 0.287 e. The van der Waals surface area contributed by atoms with E-state index in [-0.39, 0.29) is 11.5 Å². The number of hydrogen-bond acceptors (Lipinski definition) is 5. The maximum absolute atomic E-state index is 11.8. The van der Waals surface area contributed by atoms with Gasteiger partial charge in [0.05, 0.1) is 6.21 Å². The zero-order valence-corrected chi connectivity index (χ0v) is 12.2. The van der Waals surface area contributed by atoms with Crippen LogP contribution in [0.4, 0.5) is 0 Å². The van der Waals surface area contributed by atoms with E-state index >= 15 is 0 Å². The fourth-order valence-electron chi connectivity index (χ4n) is 2.00. The summed E-state index contributed by atoms with van der Waals surface area (Å²) in [6, 6.07) is 11.0. The normalized spacial score (nSPS) is 11.8. The standard InChI is InChI=1S/C16H16N4O2/c1-3-14(19-17-2)16(22)20-18-10-13-12-7-5-4-6-11(12)8-9-15(13)21/h4-10,21H,2-3H2,1H3,(H,20,22)/b18-10-,19-14-. The van der Waals surface area contributed by atoms with Crippen LogP contribution in [0.15, 0.2) is 51.7 Å². The lowest BCUT2D eigenvalue weighted by molar-refractivity contribution is -0.114. The van der Waals surface area contributed by atoms with Gasteiger partial charge >= 0.3 is 0 Å². The minimum Gasteiger partial charge on any atom is -0.507 e. The van der Waals surface area contributed by atoms with Crippen LogP contribution in [0.1, 0.15) is 18.9 Å². The summed E-state index contributed by atoms with van der Waals surface area (Å²) in [5.74, 6) is -0.361. The second-order valence-corrected chi connectivity index (χ2v) is 4.46. The number of phenols is 1. The van der Waals surface area contributed by atoms with E-state index in [0.717, 1.165) is 10.8 Å². The number of carbonyl (C=O) groups is 1. The van der Waals surface area contributed by atoms with Crippen molar-refractivity contribution in [1.82, 2.24) is 5.43 Å². The van der Waals surface area contributed by atoms with E-state index < -0.39 is 5.91 Å². The van der Waals surface area contributed by atoms with E-state index in [1.165, 1.54) is 6.21 Å². The van der Waals surface area contributed by atoms with Crippen molar-refractivity contribution in [3.8, 4) is 5.75 Å². The Kier molecular flexibility index (Phi) is 4.98. The van der Waals surface area contributed by atoms with Gasteiger partial charge in [0.25, 0.3) is 5.91 Å². The number of phenolic OH excluding ortho intramolecular Hbond substituents is 1. The molecule has 0 aliphatic heterocycles. The molecule has 0 aliphatic carbocycles. The Labute approximate surface area is 127 Å².